The van der Waals surface area contributed by atoms with Crippen molar-refractivity contribution in [2.75, 3.05) is 11.9 Å². The van der Waals surface area contributed by atoms with Crippen LogP contribution in [0.5, 0.6) is 0 Å². The molecule has 0 spiro atoms. The molecule has 5 heteroatoms. The first-order chi connectivity index (χ1) is 8.56. The number of anilines is 2. The Morgan fingerprint density at radius 2 is 2.06 bits per heavy atom. The summed E-state index contributed by atoms with van der Waals surface area (Å²) in [5, 5.41) is 5.08. The number of aromatic nitrogens is 2. The minimum absolute atomic E-state index is 0.237. The van der Waals surface area contributed by atoms with E-state index in [0.717, 1.165) is 17.1 Å². The lowest BCUT2D eigenvalue weighted by molar-refractivity contribution is 0.625. The Morgan fingerprint density at radius 1 is 1.39 bits per heavy atom. The molecule has 0 N–H and O–H groups in total. The van der Waals surface area contributed by atoms with Gasteiger partial charge in [0.1, 0.15) is 11.6 Å². The van der Waals surface area contributed by atoms with E-state index in [1.165, 1.54) is 6.07 Å². The molecule has 96 valence electrons. The molecule has 0 aliphatic carbocycles. The normalized spacial score (nSPS) is 10.7. The quantitative estimate of drug-likeness (QED) is 0.809. The van der Waals surface area contributed by atoms with Crippen LogP contribution < -0.4 is 4.90 Å². The molecule has 18 heavy (non-hydrogen) atoms. The lowest BCUT2D eigenvalue weighted by atomic mass is 10.2. The Kier molecular flexibility index (Phi) is 3.71. The molecule has 0 atom stereocenters. The molecule has 0 radical (unpaired) electrons. The summed E-state index contributed by atoms with van der Waals surface area (Å²) in [7, 11) is 3.72. The van der Waals surface area contributed by atoms with E-state index < -0.39 is 0 Å². The van der Waals surface area contributed by atoms with E-state index in [1.807, 2.05) is 32.0 Å². The van der Waals surface area contributed by atoms with Gasteiger partial charge in [0.2, 0.25) is 0 Å². The van der Waals surface area contributed by atoms with Crippen LogP contribution >= 0.6 is 15.9 Å². The van der Waals surface area contributed by atoms with Crippen LogP contribution in [0.2, 0.25) is 0 Å². The second-order valence-corrected chi connectivity index (χ2v) is 4.72. The number of hydrogen-bond donors (Lipinski definition) is 0. The zero-order chi connectivity index (χ0) is 13.3. The molecule has 1 heterocycles. The minimum Gasteiger partial charge on any atom is -0.327 e. The molecule has 2 aromatic rings. The van der Waals surface area contributed by atoms with Crippen LogP contribution in [0.15, 0.2) is 24.3 Å². The number of rotatable bonds is 3. The van der Waals surface area contributed by atoms with Gasteiger partial charge in [-0.3, -0.25) is 4.68 Å². The zero-order valence-electron chi connectivity index (χ0n) is 10.6. The molecule has 1 aromatic carbocycles. The number of nitrogens with zero attached hydrogens (tertiary/aromatic N) is 3. The Hall–Kier alpha value is -1.36. The second kappa shape index (κ2) is 5.10. The number of halogens is 2. The van der Waals surface area contributed by atoms with Crippen molar-refractivity contribution in [1.29, 1.82) is 0 Å². The van der Waals surface area contributed by atoms with Crippen LogP contribution in [0.3, 0.4) is 0 Å². The van der Waals surface area contributed by atoms with E-state index in [-0.39, 0.29) is 5.82 Å². The molecule has 0 amide bonds. The summed E-state index contributed by atoms with van der Waals surface area (Å²) in [6.45, 7) is 1.95. The third kappa shape index (κ3) is 2.14. The van der Waals surface area contributed by atoms with Crippen molar-refractivity contribution in [3.63, 3.8) is 0 Å². The van der Waals surface area contributed by atoms with Crippen LogP contribution in [-0.4, -0.2) is 16.8 Å². The first kappa shape index (κ1) is 13.1. The number of hydrogen-bond acceptors (Lipinski definition) is 2. The van der Waals surface area contributed by atoms with Crippen LogP contribution in [0.4, 0.5) is 15.9 Å². The maximum atomic E-state index is 13.8. The van der Waals surface area contributed by atoms with Gasteiger partial charge < -0.3 is 4.90 Å². The molecule has 0 saturated heterocycles. The third-order valence-corrected chi connectivity index (χ3v) is 3.54. The summed E-state index contributed by atoms with van der Waals surface area (Å²) in [6, 6.07) is 6.73. The molecule has 0 fully saturated rings. The fraction of sp³-hybridized carbons (Fsp3) is 0.308. The molecule has 3 nitrogen and oxygen atoms in total. The Bertz CT molecular complexity index is 565. The molecular formula is C13H15BrFN3. The lowest BCUT2D eigenvalue weighted by Crippen LogP contribution is -2.16. The molecule has 1 aromatic heterocycles. The number of alkyl halides is 1. The van der Waals surface area contributed by atoms with Crippen LogP contribution in [0, 0.1) is 12.7 Å². The molecule has 0 unspecified atom stereocenters. The second-order valence-electron chi connectivity index (χ2n) is 4.16. The Labute approximate surface area is 114 Å². The van der Waals surface area contributed by atoms with E-state index in [4.69, 9.17) is 0 Å². The standard InChI is InChI=1S/C13H15BrFN3/c1-9-10(8-14)13(18(3)16-9)17(2)12-7-5-4-6-11(12)15/h4-7H,8H2,1-3H3. The van der Waals surface area contributed by atoms with Gasteiger partial charge in [0.05, 0.1) is 11.4 Å². The van der Waals surface area contributed by atoms with Crippen LogP contribution in [-0.2, 0) is 12.4 Å². The van der Waals surface area contributed by atoms with Gasteiger partial charge in [0.25, 0.3) is 0 Å². The highest BCUT2D eigenvalue weighted by Gasteiger charge is 2.18. The predicted octanol–water partition coefficient (Wildman–Crippen LogP) is 3.53. The van der Waals surface area contributed by atoms with E-state index in [2.05, 4.69) is 21.0 Å². The molecule has 0 bridgehead atoms. The van der Waals surface area contributed by atoms with Crippen molar-refractivity contribution >= 4 is 27.4 Å². The van der Waals surface area contributed by atoms with Crippen molar-refractivity contribution in [3.8, 4) is 0 Å². The van der Waals surface area contributed by atoms with Crippen molar-refractivity contribution in [2.45, 2.75) is 12.3 Å². The first-order valence-electron chi connectivity index (χ1n) is 5.63. The third-order valence-electron chi connectivity index (χ3n) is 2.98. The topological polar surface area (TPSA) is 21.1 Å². The maximum absolute atomic E-state index is 13.8. The number of aryl methyl sites for hydroxylation is 2. The fourth-order valence-corrected chi connectivity index (χ4v) is 2.76. The monoisotopic (exact) mass is 311 g/mol. The minimum atomic E-state index is -0.237. The van der Waals surface area contributed by atoms with Crippen LogP contribution in [0.25, 0.3) is 0 Å². The summed E-state index contributed by atoms with van der Waals surface area (Å²) < 4.78 is 15.6. The highest BCUT2D eigenvalue weighted by Crippen LogP contribution is 2.31. The van der Waals surface area contributed by atoms with Crippen molar-refractivity contribution in [2.24, 2.45) is 7.05 Å². The summed E-state index contributed by atoms with van der Waals surface area (Å²) >= 11 is 3.46. The van der Waals surface area contributed by atoms with Gasteiger partial charge in [0.15, 0.2) is 0 Å². The van der Waals surface area contributed by atoms with Gasteiger partial charge in [-0.1, -0.05) is 28.1 Å². The van der Waals surface area contributed by atoms with Crippen molar-refractivity contribution in [1.82, 2.24) is 9.78 Å². The largest absolute Gasteiger partial charge is 0.327 e. The molecule has 0 aliphatic heterocycles. The van der Waals surface area contributed by atoms with Gasteiger partial charge in [-0.2, -0.15) is 5.10 Å². The Morgan fingerprint density at radius 3 is 2.67 bits per heavy atom. The van der Waals surface area contributed by atoms with Gasteiger partial charge in [0, 0.05) is 25.0 Å². The maximum Gasteiger partial charge on any atom is 0.146 e. The van der Waals surface area contributed by atoms with Crippen molar-refractivity contribution < 1.29 is 4.39 Å². The molecule has 0 saturated carbocycles. The number of para-hydroxylation sites is 1. The summed E-state index contributed by atoms with van der Waals surface area (Å²) in [5.74, 6) is 0.661. The summed E-state index contributed by atoms with van der Waals surface area (Å²) in [5.41, 5.74) is 2.57. The van der Waals surface area contributed by atoms with Gasteiger partial charge >= 0.3 is 0 Å². The van der Waals surface area contributed by atoms with Crippen molar-refractivity contribution in [3.05, 3.63) is 41.3 Å². The average Bonchev–Trinajstić information content (AvgIpc) is 2.63. The average molecular weight is 312 g/mol. The highest BCUT2D eigenvalue weighted by atomic mass is 79.9. The zero-order valence-corrected chi connectivity index (χ0v) is 12.2. The molecule has 0 aliphatic rings. The molecular weight excluding hydrogens is 297 g/mol. The number of benzene rings is 1. The van der Waals surface area contributed by atoms with Gasteiger partial charge in [-0.25, -0.2) is 4.39 Å². The van der Waals surface area contributed by atoms with Crippen LogP contribution in [0.1, 0.15) is 11.3 Å². The molecule has 2 rings (SSSR count). The predicted molar refractivity (Wildman–Crippen MR) is 75.0 cm³/mol. The van der Waals surface area contributed by atoms with E-state index in [1.54, 1.807) is 16.8 Å². The summed E-state index contributed by atoms with van der Waals surface area (Å²) in [4.78, 5) is 1.83. The van der Waals surface area contributed by atoms with E-state index >= 15 is 0 Å². The van der Waals surface area contributed by atoms with Gasteiger partial charge in [-0.05, 0) is 19.1 Å². The van der Waals surface area contributed by atoms with E-state index in [9.17, 15) is 4.39 Å². The fourth-order valence-electron chi connectivity index (χ4n) is 2.10. The highest BCUT2D eigenvalue weighted by molar-refractivity contribution is 9.08. The first-order valence-corrected chi connectivity index (χ1v) is 6.75. The lowest BCUT2D eigenvalue weighted by Gasteiger charge is -2.21. The smallest absolute Gasteiger partial charge is 0.146 e. The SMILES string of the molecule is Cc1nn(C)c(N(C)c2ccccc2F)c1CBr. The van der Waals surface area contributed by atoms with Gasteiger partial charge in [-0.15, -0.1) is 0 Å². The van der Waals surface area contributed by atoms with E-state index in [0.29, 0.717) is 11.0 Å². The Balaban J connectivity index is 2.53. The summed E-state index contributed by atoms with van der Waals surface area (Å²) in [6.07, 6.45) is 0.